The van der Waals surface area contributed by atoms with Crippen molar-refractivity contribution in [2.24, 2.45) is 21.6 Å². The van der Waals surface area contributed by atoms with Crippen molar-refractivity contribution in [3.05, 3.63) is 110 Å². The van der Waals surface area contributed by atoms with Crippen LogP contribution in [0, 0.1) is 23.1 Å². The van der Waals surface area contributed by atoms with Crippen LogP contribution in [0.15, 0.2) is 82.6 Å². The third kappa shape index (κ3) is 5.87. The van der Waals surface area contributed by atoms with Gasteiger partial charge in [-0.3, -0.25) is 4.79 Å². The van der Waals surface area contributed by atoms with Crippen LogP contribution in [0.2, 0.25) is 0 Å². The number of anilines is 1. The summed E-state index contributed by atoms with van der Waals surface area (Å²) in [4.78, 5) is 27.7. The van der Waals surface area contributed by atoms with Gasteiger partial charge in [0.2, 0.25) is 0 Å². The third-order valence-electron chi connectivity index (χ3n) is 6.30. The van der Waals surface area contributed by atoms with E-state index in [1.54, 1.807) is 11.3 Å². The number of amides is 1. The molecule has 1 aliphatic carbocycles. The van der Waals surface area contributed by atoms with Gasteiger partial charge in [-0.2, -0.15) is 5.26 Å². The Hall–Kier alpha value is -4.95. The van der Waals surface area contributed by atoms with Crippen LogP contribution in [0.3, 0.4) is 0 Å². The second-order valence-corrected chi connectivity index (χ2v) is 10.1. The Labute approximate surface area is 233 Å². The summed E-state index contributed by atoms with van der Waals surface area (Å²) in [6.45, 7) is -0.491. The first-order valence-corrected chi connectivity index (χ1v) is 13.1. The van der Waals surface area contributed by atoms with Crippen molar-refractivity contribution in [2.45, 2.75) is 19.8 Å². The molecule has 40 heavy (non-hydrogen) atoms. The molecule has 3 aromatic rings. The maximum Gasteiger partial charge on any atom is 0.255 e. The molecule has 1 aromatic carbocycles. The molecule has 5 rings (SSSR count). The molecule has 0 fully saturated rings. The lowest BCUT2D eigenvalue weighted by Gasteiger charge is -2.14. The highest BCUT2D eigenvalue weighted by Crippen LogP contribution is 2.30. The van der Waals surface area contributed by atoms with Gasteiger partial charge in [0.15, 0.2) is 0 Å². The fourth-order valence-electron chi connectivity index (χ4n) is 4.17. The minimum atomic E-state index is -0.940. The number of rotatable bonds is 8. The number of aromatic nitrogens is 1. The van der Waals surface area contributed by atoms with E-state index in [2.05, 4.69) is 25.6 Å². The van der Waals surface area contributed by atoms with E-state index in [1.807, 2.05) is 42.5 Å². The van der Waals surface area contributed by atoms with Gasteiger partial charge in [-0.05, 0) is 47.5 Å². The molecule has 4 N–H and O–H groups in total. The Morgan fingerprint density at radius 3 is 2.88 bits per heavy atom. The summed E-state index contributed by atoms with van der Waals surface area (Å²) in [6, 6.07) is 11.5. The van der Waals surface area contributed by atoms with E-state index in [-0.39, 0.29) is 29.2 Å². The maximum absolute atomic E-state index is 13.6. The Morgan fingerprint density at radius 2 is 2.05 bits per heavy atom. The zero-order valence-electron chi connectivity index (χ0n) is 21.1. The van der Waals surface area contributed by atoms with Crippen LogP contribution in [-0.4, -0.2) is 23.1 Å². The zero-order valence-corrected chi connectivity index (χ0v) is 21.9. The number of allylic oxidation sites excluding steroid dienone is 4. The van der Waals surface area contributed by atoms with E-state index >= 15 is 0 Å². The van der Waals surface area contributed by atoms with Gasteiger partial charge in [0.1, 0.15) is 36.6 Å². The van der Waals surface area contributed by atoms with Crippen molar-refractivity contribution in [3.8, 4) is 6.07 Å². The van der Waals surface area contributed by atoms with E-state index in [9.17, 15) is 18.8 Å². The number of carbonyl (C=O) groups excluding carboxylic acids is 1. The summed E-state index contributed by atoms with van der Waals surface area (Å²) < 4.78 is 26.6. The second-order valence-electron chi connectivity index (χ2n) is 8.94. The van der Waals surface area contributed by atoms with Crippen LogP contribution in [-0.2, 0) is 19.8 Å². The van der Waals surface area contributed by atoms with Gasteiger partial charge < -0.3 is 16.4 Å². The second kappa shape index (κ2) is 11.8. The fraction of sp³-hybridized carbons (Fsp3) is 0.138. The summed E-state index contributed by atoms with van der Waals surface area (Å²) in [5, 5.41) is 15.2. The van der Waals surface area contributed by atoms with E-state index in [1.165, 1.54) is 36.8 Å². The number of thiophene rings is 1. The summed E-state index contributed by atoms with van der Waals surface area (Å²) >= 11 is 1.58. The quantitative estimate of drug-likeness (QED) is 0.360. The third-order valence-corrected chi connectivity index (χ3v) is 7.43. The number of nitrogens with zero attached hydrogens (tertiary/aromatic N) is 4. The number of pyridine rings is 1. The van der Waals surface area contributed by atoms with Crippen molar-refractivity contribution in [3.63, 3.8) is 0 Å². The Balaban J connectivity index is 1.28. The zero-order chi connectivity index (χ0) is 28.1. The molecule has 2 aromatic heterocycles. The number of fused-ring (bicyclic) bond motifs is 1. The minimum Gasteiger partial charge on any atom is -0.386 e. The van der Waals surface area contributed by atoms with Crippen molar-refractivity contribution in [2.75, 3.05) is 5.32 Å². The Morgan fingerprint density at radius 1 is 1.18 bits per heavy atom. The minimum absolute atomic E-state index is 0.0546. The van der Waals surface area contributed by atoms with Crippen LogP contribution < -0.4 is 16.4 Å². The van der Waals surface area contributed by atoms with E-state index < -0.39 is 18.4 Å². The molecule has 11 heteroatoms. The van der Waals surface area contributed by atoms with Crippen molar-refractivity contribution in [1.29, 1.82) is 5.26 Å². The number of benzene rings is 1. The predicted molar refractivity (Wildman–Crippen MR) is 152 cm³/mol. The molecular formula is C29H23F2N7OS. The molecule has 0 saturated carbocycles. The van der Waals surface area contributed by atoms with E-state index in [0.29, 0.717) is 23.8 Å². The van der Waals surface area contributed by atoms with Crippen molar-refractivity contribution >= 4 is 40.8 Å². The van der Waals surface area contributed by atoms with Gasteiger partial charge in [-0.25, -0.2) is 23.7 Å². The van der Waals surface area contributed by atoms with E-state index in [4.69, 9.17) is 5.73 Å². The van der Waals surface area contributed by atoms with Crippen LogP contribution in [0.25, 0.3) is 5.57 Å². The first-order chi connectivity index (χ1) is 19.4. The average Bonchev–Trinajstić information content (AvgIpc) is 3.34. The average molecular weight is 556 g/mol. The number of hydrogen-bond acceptors (Lipinski definition) is 8. The number of hydrogen-bond donors (Lipinski definition) is 3. The molecule has 0 radical (unpaired) electrons. The molecule has 0 spiro atoms. The summed E-state index contributed by atoms with van der Waals surface area (Å²) in [5.74, 6) is -0.453. The number of carbonyl (C=O) groups is 1. The summed E-state index contributed by atoms with van der Waals surface area (Å²) in [6.07, 6.45) is 10.8. The first kappa shape index (κ1) is 26.6. The molecule has 1 unspecified atom stereocenters. The molecule has 8 nitrogen and oxygen atoms in total. The van der Waals surface area contributed by atoms with Crippen molar-refractivity contribution < 1.29 is 13.6 Å². The van der Waals surface area contributed by atoms with Gasteiger partial charge in [0.05, 0.1) is 29.3 Å². The Kier molecular flexibility index (Phi) is 7.89. The molecular weight excluding hydrogens is 532 g/mol. The smallest absolute Gasteiger partial charge is 0.255 e. The van der Waals surface area contributed by atoms with Gasteiger partial charge in [-0.1, -0.05) is 24.3 Å². The monoisotopic (exact) mass is 555 g/mol. The lowest BCUT2D eigenvalue weighted by Crippen LogP contribution is -2.25. The lowest BCUT2D eigenvalue weighted by atomic mass is 10.0. The van der Waals surface area contributed by atoms with Gasteiger partial charge >= 0.3 is 0 Å². The molecule has 1 aliphatic heterocycles. The molecule has 1 amide bonds. The normalized spacial score (nSPS) is 15.7. The number of nitrogens with two attached hydrogens (primary N) is 1. The Bertz CT molecular complexity index is 1660. The van der Waals surface area contributed by atoms with Gasteiger partial charge in [0, 0.05) is 28.1 Å². The summed E-state index contributed by atoms with van der Waals surface area (Å²) in [7, 11) is 0. The lowest BCUT2D eigenvalue weighted by molar-refractivity contribution is 0.0951. The highest BCUT2D eigenvalue weighted by molar-refractivity contribution is 7.13. The number of halogens is 2. The summed E-state index contributed by atoms with van der Waals surface area (Å²) in [5.41, 5.74) is 8.75. The van der Waals surface area contributed by atoms with Crippen LogP contribution in [0.5, 0.6) is 0 Å². The van der Waals surface area contributed by atoms with E-state index in [0.717, 1.165) is 21.0 Å². The van der Waals surface area contributed by atoms with Crippen LogP contribution >= 0.6 is 11.3 Å². The largest absolute Gasteiger partial charge is 0.386 e. The number of alkyl halides is 1. The highest BCUT2D eigenvalue weighted by atomic mass is 32.1. The number of amidine groups is 1. The highest BCUT2D eigenvalue weighted by Gasteiger charge is 2.20. The van der Waals surface area contributed by atoms with Crippen LogP contribution in [0.1, 0.15) is 36.8 Å². The molecule has 0 bridgehead atoms. The topological polar surface area (TPSA) is 129 Å². The standard InChI is InChI=1S/C29H23F2N7OS/c30-11-20-9-17(1-6-24(20)31)13-36-29(39)23-10-18(12-32)14-34-28(23)35-15-21-4-8-26(40-21)19-2-5-22-25(7-3-19)37-16-38-27(22)33/h1-10,14,16,22H,11,13,15H2,(H,34,35)(H,36,39)(H2,33,37,38). The number of nitriles is 1. The molecule has 1 atom stereocenters. The molecule has 3 heterocycles. The maximum atomic E-state index is 13.6. The van der Waals surface area contributed by atoms with Gasteiger partial charge in [-0.15, -0.1) is 11.3 Å². The molecule has 0 saturated heterocycles. The van der Waals surface area contributed by atoms with Gasteiger partial charge in [0.25, 0.3) is 5.91 Å². The van der Waals surface area contributed by atoms with Crippen LogP contribution in [0.4, 0.5) is 14.6 Å². The number of nitrogens with one attached hydrogen (secondary N) is 2. The molecule has 200 valence electrons. The predicted octanol–water partition coefficient (Wildman–Crippen LogP) is 5.02. The fourth-order valence-corrected chi connectivity index (χ4v) is 5.12. The molecule has 2 aliphatic rings. The SMILES string of the molecule is N#Cc1cnc(NCc2ccc(C3=CC=C4N=CN=C(N)C4C=C3)s2)c(C(=O)NCc2ccc(F)c(CF)c2)c1. The first-order valence-electron chi connectivity index (χ1n) is 12.3. The van der Waals surface area contributed by atoms with Crippen molar-refractivity contribution in [1.82, 2.24) is 10.3 Å². The number of aliphatic imine (C=N–C) groups is 2.